The summed E-state index contributed by atoms with van der Waals surface area (Å²) in [7, 11) is 1.91. The Labute approximate surface area is 122 Å². The Balaban J connectivity index is 2.30. The summed E-state index contributed by atoms with van der Waals surface area (Å²) in [4.78, 5) is 0. The highest BCUT2D eigenvalue weighted by molar-refractivity contribution is 9.10. The molecule has 0 saturated heterocycles. The second kappa shape index (κ2) is 5.65. The maximum atomic E-state index is 6.15. The highest BCUT2D eigenvalue weighted by Crippen LogP contribution is 2.28. The minimum atomic E-state index is 0.741. The highest BCUT2D eigenvalue weighted by atomic mass is 79.9. The number of aromatic nitrogens is 2. The van der Waals surface area contributed by atoms with Gasteiger partial charge in [0.25, 0.3) is 0 Å². The van der Waals surface area contributed by atoms with Crippen LogP contribution in [0.2, 0.25) is 0 Å². The van der Waals surface area contributed by atoms with Crippen molar-refractivity contribution >= 4 is 33.1 Å². The molecule has 2 rings (SSSR count). The lowest BCUT2D eigenvalue weighted by Gasteiger charge is -2.09. The molecule has 1 aromatic heterocycles. The molecule has 0 saturated carbocycles. The summed E-state index contributed by atoms with van der Waals surface area (Å²) >= 11 is 3.50. The molecule has 19 heavy (non-hydrogen) atoms. The van der Waals surface area contributed by atoms with Gasteiger partial charge in [0.05, 0.1) is 11.4 Å². The lowest BCUT2D eigenvalue weighted by atomic mass is 10.2. The van der Waals surface area contributed by atoms with E-state index in [0.717, 1.165) is 40.2 Å². The number of aryl methyl sites for hydroxylation is 3. The van der Waals surface area contributed by atoms with E-state index in [4.69, 9.17) is 5.73 Å². The summed E-state index contributed by atoms with van der Waals surface area (Å²) in [5.41, 5.74) is 10.0. The SMILES string of the molecule is CCCc1nn(C)c(Nc2ccc(Br)c(C)c2)c1N. The molecule has 5 heteroatoms. The number of anilines is 3. The van der Waals surface area contributed by atoms with E-state index in [-0.39, 0.29) is 0 Å². The lowest BCUT2D eigenvalue weighted by Crippen LogP contribution is -2.01. The number of nitrogens with two attached hydrogens (primary N) is 1. The van der Waals surface area contributed by atoms with Gasteiger partial charge in [-0.2, -0.15) is 5.10 Å². The average molecular weight is 323 g/mol. The van der Waals surface area contributed by atoms with Gasteiger partial charge in [0.2, 0.25) is 0 Å². The van der Waals surface area contributed by atoms with Gasteiger partial charge in [-0.1, -0.05) is 29.3 Å². The van der Waals surface area contributed by atoms with Gasteiger partial charge in [-0.15, -0.1) is 0 Å². The van der Waals surface area contributed by atoms with Crippen LogP contribution < -0.4 is 11.1 Å². The number of nitrogens with one attached hydrogen (secondary N) is 1. The molecule has 3 N–H and O–H groups in total. The van der Waals surface area contributed by atoms with Crippen LogP contribution in [0.3, 0.4) is 0 Å². The summed E-state index contributed by atoms with van der Waals surface area (Å²) in [5.74, 6) is 0.852. The molecule has 0 spiro atoms. The molecule has 0 unspecified atom stereocenters. The third kappa shape index (κ3) is 2.92. The predicted octanol–water partition coefficient (Wildman–Crippen LogP) is 3.77. The zero-order chi connectivity index (χ0) is 14.0. The van der Waals surface area contributed by atoms with Crippen molar-refractivity contribution in [2.24, 2.45) is 7.05 Å². The van der Waals surface area contributed by atoms with Crippen molar-refractivity contribution in [3.8, 4) is 0 Å². The van der Waals surface area contributed by atoms with Gasteiger partial charge in [-0.05, 0) is 37.1 Å². The van der Waals surface area contributed by atoms with E-state index in [1.165, 1.54) is 5.56 Å². The van der Waals surface area contributed by atoms with Crippen LogP contribution in [-0.4, -0.2) is 9.78 Å². The standard InChI is InChI=1S/C14H19BrN4/c1-4-5-12-13(16)14(19(3)18-12)17-10-6-7-11(15)9(2)8-10/h6-8,17H,4-5,16H2,1-3H3. The number of hydrogen-bond acceptors (Lipinski definition) is 3. The molecule has 0 aliphatic rings. The van der Waals surface area contributed by atoms with Crippen LogP contribution in [0.15, 0.2) is 22.7 Å². The first kappa shape index (κ1) is 13.9. The predicted molar refractivity (Wildman–Crippen MR) is 83.8 cm³/mol. The Morgan fingerprint density at radius 2 is 2.16 bits per heavy atom. The van der Waals surface area contributed by atoms with Gasteiger partial charge in [0.1, 0.15) is 0 Å². The molecule has 0 amide bonds. The monoisotopic (exact) mass is 322 g/mol. The van der Waals surface area contributed by atoms with E-state index in [9.17, 15) is 0 Å². The summed E-state index contributed by atoms with van der Waals surface area (Å²) in [6, 6.07) is 6.12. The Kier molecular flexibility index (Phi) is 4.14. The van der Waals surface area contributed by atoms with Crippen molar-refractivity contribution in [1.29, 1.82) is 0 Å². The first-order chi connectivity index (χ1) is 9.02. The molecule has 1 aromatic carbocycles. The first-order valence-corrected chi connectivity index (χ1v) is 7.16. The molecule has 102 valence electrons. The normalized spacial score (nSPS) is 10.7. The Hall–Kier alpha value is -1.49. The minimum absolute atomic E-state index is 0.741. The largest absolute Gasteiger partial charge is 0.394 e. The third-order valence-corrected chi connectivity index (χ3v) is 3.96. The Morgan fingerprint density at radius 3 is 2.79 bits per heavy atom. The van der Waals surface area contributed by atoms with Crippen LogP contribution >= 0.6 is 15.9 Å². The fourth-order valence-corrected chi connectivity index (χ4v) is 2.27. The van der Waals surface area contributed by atoms with Crippen LogP contribution in [0, 0.1) is 6.92 Å². The van der Waals surface area contributed by atoms with Gasteiger partial charge < -0.3 is 11.1 Å². The van der Waals surface area contributed by atoms with Crippen molar-refractivity contribution in [1.82, 2.24) is 9.78 Å². The van der Waals surface area contributed by atoms with Crippen molar-refractivity contribution in [3.63, 3.8) is 0 Å². The average Bonchev–Trinajstić information content (AvgIpc) is 2.62. The summed E-state index contributed by atoms with van der Waals surface area (Å²) in [6.45, 7) is 4.18. The maximum absolute atomic E-state index is 6.15. The Bertz CT molecular complexity index is 589. The minimum Gasteiger partial charge on any atom is -0.394 e. The second-order valence-electron chi connectivity index (χ2n) is 4.67. The van der Waals surface area contributed by atoms with E-state index in [1.54, 1.807) is 4.68 Å². The van der Waals surface area contributed by atoms with Gasteiger partial charge >= 0.3 is 0 Å². The van der Waals surface area contributed by atoms with Crippen molar-refractivity contribution in [2.45, 2.75) is 26.7 Å². The smallest absolute Gasteiger partial charge is 0.152 e. The molecule has 0 bridgehead atoms. The molecule has 2 aromatic rings. The number of rotatable bonds is 4. The fourth-order valence-electron chi connectivity index (χ4n) is 2.02. The van der Waals surface area contributed by atoms with Crippen LogP contribution in [0.1, 0.15) is 24.6 Å². The van der Waals surface area contributed by atoms with Crippen LogP contribution in [0.5, 0.6) is 0 Å². The molecule has 0 atom stereocenters. The quantitative estimate of drug-likeness (QED) is 0.900. The molecule has 0 aliphatic carbocycles. The van der Waals surface area contributed by atoms with Gasteiger partial charge in [-0.3, -0.25) is 4.68 Å². The van der Waals surface area contributed by atoms with Crippen molar-refractivity contribution < 1.29 is 0 Å². The van der Waals surface area contributed by atoms with E-state index >= 15 is 0 Å². The highest BCUT2D eigenvalue weighted by Gasteiger charge is 2.12. The van der Waals surface area contributed by atoms with Gasteiger partial charge in [0, 0.05) is 17.2 Å². The van der Waals surface area contributed by atoms with Crippen molar-refractivity contribution in [2.75, 3.05) is 11.1 Å². The molecular formula is C14H19BrN4. The molecule has 1 heterocycles. The van der Waals surface area contributed by atoms with E-state index in [1.807, 2.05) is 19.2 Å². The van der Waals surface area contributed by atoms with Gasteiger partial charge in [0.15, 0.2) is 5.82 Å². The number of nitrogens with zero attached hydrogens (tertiary/aromatic N) is 2. The molecular weight excluding hydrogens is 304 g/mol. The van der Waals surface area contributed by atoms with Crippen LogP contribution in [0.4, 0.5) is 17.2 Å². The van der Waals surface area contributed by atoms with Crippen LogP contribution in [-0.2, 0) is 13.5 Å². The summed E-state index contributed by atoms with van der Waals surface area (Å²) < 4.78 is 2.90. The number of nitrogen functional groups attached to an aromatic ring is 1. The summed E-state index contributed by atoms with van der Waals surface area (Å²) in [6.07, 6.45) is 1.94. The van der Waals surface area contributed by atoms with Crippen molar-refractivity contribution in [3.05, 3.63) is 33.9 Å². The van der Waals surface area contributed by atoms with Crippen LogP contribution in [0.25, 0.3) is 0 Å². The van der Waals surface area contributed by atoms with Gasteiger partial charge in [-0.25, -0.2) is 0 Å². The maximum Gasteiger partial charge on any atom is 0.152 e. The molecule has 4 nitrogen and oxygen atoms in total. The summed E-state index contributed by atoms with van der Waals surface area (Å²) in [5, 5.41) is 7.80. The number of benzene rings is 1. The number of halogens is 1. The molecule has 0 radical (unpaired) electrons. The topological polar surface area (TPSA) is 55.9 Å². The van der Waals surface area contributed by atoms with E-state index in [0.29, 0.717) is 0 Å². The lowest BCUT2D eigenvalue weighted by molar-refractivity contribution is 0.740. The zero-order valence-electron chi connectivity index (χ0n) is 11.5. The number of hydrogen-bond donors (Lipinski definition) is 2. The first-order valence-electron chi connectivity index (χ1n) is 6.37. The fraction of sp³-hybridized carbons (Fsp3) is 0.357. The molecule has 0 fully saturated rings. The zero-order valence-corrected chi connectivity index (χ0v) is 13.1. The Morgan fingerprint density at radius 1 is 1.42 bits per heavy atom. The molecule has 0 aliphatic heterocycles. The third-order valence-electron chi connectivity index (χ3n) is 3.07. The van der Waals surface area contributed by atoms with E-state index in [2.05, 4.69) is 46.3 Å². The second-order valence-corrected chi connectivity index (χ2v) is 5.53. The van der Waals surface area contributed by atoms with E-state index < -0.39 is 0 Å².